The molecule has 1 aromatic rings. The monoisotopic (exact) mass is 277 g/mol. The second-order valence-electron chi connectivity index (χ2n) is 5.03. The van der Waals surface area contributed by atoms with E-state index >= 15 is 0 Å². The van der Waals surface area contributed by atoms with E-state index in [2.05, 4.69) is 17.9 Å². The first-order chi connectivity index (χ1) is 9.08. The molecule has 0 aromatic carbocycles. The third-order valence-corrected chi connectivity index (χ3v) is 5.20. The lowest BCUT2D eigenvalue weighted by atomic mass is 9.94. The topological polar surface area (TPSA) is 70.1 Å². The molecule has 0 spiro atoms. The summed E-state index contributed by atoms with van der Waals surface area (Å²) in [4.78, 5) is 14.3. The SMILES string of the molecule is CCC1CCN(c2sc(C(C)=O)c(N)c2C#N)CC1. The van der Waals surface area contributed by atoms with Crippen molar-refractivity contribution in [2.45, 2.75) is 33.1 Å². The molecule has 1 aliphatic heterocycles. The van der Waals surface area contributed by atoms with Crippen molar-refractivity contribution in [1.82, 2.24) is 0 Å². The number of Topliss-reactive ketones (excluding diaryl/α,β-unsaturated/α-hetero) is 1. The molecule has 0 unspecified atom stereocenters. The molecule has 2 N–H and O–H groups in total. The molecule has 1 aromatic heterocycles. The Morgan fingerprint density at radius 2 is 2.16 bits per heavy atom. The number of rotatable bonds is 3. The Bertz CT molecular complexity index is 522. The lowest BCUT2D eigenvalue weighted by Crippen LogP contribution is -2.33. The number of nitrogens with two attached hydrogens (primary N) is 1. The molecule has 1 fully saturated rings. The summed E-state index contributed by atoms with van der Waals surface area (Å²) in [5.41, 5.74) is 6.75. The van der Waals surface area contributed by atoms with Gasteiger partial charge in [-0.3, -0.25) is 4.79 Å². The number of nitrogens with zero attached hydrogens (tertiary/aromatic N) is 2. The number of ketones is 1. The number of nitriles is 1. The van der Waals surface area contributed by atoms with Crippen LogP contribution in [-0.2, 0) is 0 Å². The molecule has 0 saturated carbocycles. The molecule has 4 nitrogen and oxygen atoms in total. The summed E-state index contributed by atoms with van der Waals surface area (Å²) in [6.45, 7) is 5.61. The van der Waals surface area contributed by atoms with Gasteiger partial charge in [0, 0.05) is 20.0 Å². The maximum Gasteiger partial charge on any atom is 0.171 e. The van der Waals surface area contributed by atoms with Gasteiger partial charge in [0.05, 0.1) is 10.6 Å². The van der Waals surface area contributed by atoms with Crippen LogP contribution in [0.5, 0.6) is 0 Å². The van der Waals surface area contributed by atoms with E-state index in [0.717, 1.165) is 36.9 Å². The zero-order valence-electron chi connectivity index (χ0n) is 11.4. The molecule has 19 heavy (non-hydrogen) atoms. The zero-order valence-corrected chi connectivity index (χ0v) is 12.2. The number of anilines is 2. The van der Waals surface area contributed by atoms with Crippen LogP contribution in [0.2, 0.25) is 0 Å². The van der Waals surface area contributed by atoms with Crippen LogP contribution in [0.3, 0.4) is 0 Å². The molecule has 5 heteroatoms. The van der Waals surface area contributed by atoms with Crippen LogP contribution < -0.4 is 10.6 Å². The molecule has 2 heterocycles. The minimum atomic E-state index is -0.0614. The average molecular weight is 277 g/mol. The van der Waals surface area contributed by atoms with Gasteiger partial charge in [-0.05, 0) is 18.8 Å². The fraction of sp³-hybridized carbons (Fsp3) is 0.571. The average Bonchev–Trinajstić information content (AvgIpc) is 2.76. The molecule has 0 bridgehead atoms. The van der Waals surface area contributed by atoms with Crippen LogP contribution in [0.4, 0.5) is 10.7 Å². The highest BCUT2D eigenvalue weighted by Gasteiger charge is 2.25. The number of hydrogen-bond acceptors (Lipinski definition) is 5. The van der Waals surface area contributed by atoms with Crippen LogP contribution >= 0.6 is 11.3 Å². The van der Waals surface area contributed by atoms with E-state index in [4.69, 9.17) is 5.73 Å². The van der Waals surface area contributed by atoms with Crippen molar-refractivity contribution in [1.29, 1.82) is 5.26 Å². The number of hydrogen-bond donors (Lipinski definition) is 1. The molecule has 0 amide bonds. The highest BCUT2D eigenvalue weighted by molar-refractivity contribution is 7.19. The van der Waals surface area contributed by atoms with Crippen LogP contribution in [0.15, 0.2) is 0 Å². The molecular weight excluding hydrogens is 258 g/mol. The highest BCUT2D eigenvalue weighted by Crippen LogP contribution is 2.39. The predicted molar refractivity (Wildman–Crippen MR) is 78.7 cm³/mol. The summed E-state index contributed by atoms with van der Waals surface area (Å²) in [5.74, 6) is 0.722. The van der Waals surface area contributed by atoms with Gasteiger partial charge in [0.1, 0.15) is 16.6 Å². The lowest BCUT2D eigenvalue weighted by Gasteiger charge is -2.32. The maximum atomic E-state index is 11.5. The third kappa shape index (κ3) is 2.59. The number of piperidine rings is 1. The minimum Gasteiger partial charge on any atom is -0.396 e. The normalized spacial score (nSPS) is 16.4. The summed E-state index contributed by atoms with van der Waals surface area (Å²) in [5, 5.41) is 10.1. The third-order valence-electron chi connectivity index (χ3n) is 3.84. The van der Waals surface area contributed by atoms with Crippen LogP contribution in [-0.4, -0.2) is 18.9 Å². The number of nitrogen functional groups attached to an aromatic ring is 1. The largest absolute Gasteiger partial charge is 0.396 e. The summed E-state index contributed by atoms with van der Waals surface area (Å²) < 4.78 is 0. The first-order valence-corrected chi connectivity index (χ1v) is 7.48. The van der Waals surface area contributed by atoms with Crippen molar-refractivity contribution in [3.8, 4) is 6.07 Å². The lowest BCUT2D eigenvalue weighted by molar-refractivity contribution is 0.102. The van der Waals surface area contributed by atoms with E-state index in [1.807, 2.05) is 0 Å². The van der Waals surface area contributed by atoms with Gasteiger partial charge in [0.2, 0.25) is 0 Å². The Hall–Kier alpha value is -1.54. The molecular formula is C14H19N3OS. The van der Waals surface area contributed by atoms with E-state index in [0.29, 0.717) is 16.1 Å². The molecule has 2 rings (SSSR count). The van der Waals surface area contributed by atoms with E-state index in [1.54, 1.807) is 0 Å². The number of carbonyl (C=O) groups is 1. The molecule has 0 aliphatic carbocycles. The van der Waals surface area contributed by atoms with Crippen molar-refractivity contribution in [2.75, 3.05) is 23.7 Å². The summed E-state index contributed by atoms with van der Waals surface area (Å²) in [7, 11) is 0. The van der Waals surface area contributed by atoms with Gasteiger partial charge in [0.15, 0.2) is 5.78 Å². The maximum absolute atomic E-state index is 11.5. The Kier molecular flexibility index (Phi) is 4.11. The first-order valence-electron chi connectivity index (χ1n) is 6.66. The van der Waals surface area contributed by atoms with Crippen LogP contribution in [0.1, 0.15) is 48.3 Å². The molecule has 1 aliphatic rings. The second-order valence-corrected chi connectivity index (χ2v) is 6.03. The van der Waals surface area contributed by atoms with Gasteiger partial charge in [-0.15, -0.1) is 11.3 Å². The smallest absolute Gasteiger partial charge is 0.171 e. The van der Waals surface area contributed by atoms with Crippen molar-refractivity contribution in [3.63, 3.8) is 0 Å². The highest BCUT2D eigenvalue weighted by atomic mass is 32.1. The second kappa shape index (κ2) is 5.62. The molecule has 102 valence electrons. The van der Waals surface area contributed by atoms with Gasteiger partial charge in [-0.25, -0.2) is 0 Å². The van der Waals surface area contributed by atoms with Crippen molar-refractivity contribution in [3.05, 3.63) is 10.4 Å². The first kappa shape index (κ1) is 13.9. The summed E-state index contributed by atoms with van der Waals surface area (Å²) in [6, 6.07) is 2.15. The summed E-state index contributed by atoms with van der Waals surface area (Å²) >= 11 is 1.36. The summed E-state index contributed by atoms with van der Waals surface area (Å²) in [6.07, 6.45) is 3.51. The van der Waals surface area contributed by atoms with E-state index in [-0.39, 0.29) is 5.78 Å². The van der Waals surface area contributed by atoms with E-state index in [1.165, 1.54) is 24.7 Å². The Labute approximate surface area is 117 Å². The Morgan fingerprint density at radius 1 is 1.53 bits per heavy atom. The fourth-order valence-corrected chi connectivity index (χ4v) is 3.69. The van der Waals surface area contributed by atoms with Gasteiger partial charge in [0.25, 0.3) is 0 Å². The standard InChI is InChI=1S/C14H19N3OS/c1-3-10-4-6-17(7-5-10)14-11(8-15)12(16)13(19-14)9(2)18/h10H,3-7,16H2,1-2H3. The van der Waals surface area contributed by atoms with Crippen LogP contribution in [0, 0.1) is 17.2 Å². The van der Waals surface area contributed by atoms with Crippen molar-refractivity contribution in [2.24, 2.45) is 5.92 Å². The van der Waals surface area contributed by atoms with Crippen molar-refractivity contribution >= 4 is 27.8 Å². The molecule has 1 saturated heterocycles. The molecule has 0 radical (unpaired) electrons. The quantitative estimate of drug-likeness (QED) is 0.862. The molecule has 0 atom stereocenters. The number of carbonyl (C=O) groups excluding carboxylic acids is 1. The van der Waals surface area contributed by atoms with E-state index < -0.39 is 0 Å². The zero-order chi connectivity index (χ0) is 14.0. The van der Waals surface area contributed by atoms with Gasteiger partial charge in [-0.2, -0.15) is 5.26 Å². The number of thiophene rings is 1. The Morgan fingerprint density at radius 3 is 2.63 bits per heavy atom. The Balaban J connectivity index is 2.28. The van der Waals surface area contributed by atoms with Gasteiger partial charge < -0.3 is 10.6 Å². The minimum absolute atomic E-state index is 0.0614. The van der Waals surface area contributed by atoms with Crippen molar-refractivity contribution < 1.29 is 4.79 Å². The fourth-order valence-electron chi connectivity index (χ4n) is 2.57. The van der Waals surface area contributed by atoms with Crippen LogP contribution in [0.25, 0.3) is 0 Å². The van der Waals surface area contributed by atoms with Gasteiger partial charge >= 0.3 is 0 Å². The van der Waals surface area contributed by atoms with Gasteiger partial charge in [-0.1, -0.05) is 13.3 Å². The van der Waals surface area contributed by atoms with E-state index in [9.17, 15) is 10.1 Å². The predicted octanol–water partition coefficient (Wildman–Crippen LogP) is 3.03.